The van der Waals surface area contributed by atoms with Crippen molar-refractivity contribution in [2.24, 2.45) is 5.92 Å². The molecule has 1 aliphatic heterocycles. The zero-order chi connectivity index (χ0) is 12.3. The molecule has 0 aromatic rings. The van der Waals surface area contributed by atoms with E-state index in [2.05, 4.69) is 0 Å². The van der Waals surface area contributed by atoms with Crippen LogP contribution in [0.25, 0.3) is 0 Å². The summed E-state index contributed by atoms with van der Waals surface area (Å²) in [5.41, 5.74) is 0. The molecule has 1 rings (SSSR count). The van der Waals surface area contributed by atoms with Gasteiger partial charge < -0.3 is 10.0 Å². The van der Waals surface area contributed by atoms with Crippen LogP contribution in [0.5, 0.6) is 0 Å². The molecule has 1 aliphatic rings. The maximum Gasteiger partial charge on any atom is 0.239 e. The van der Waals surface area contributed by atoms with Crippen LogP contribution in [0.4, 0.5) is 0 Å². The molecule has 1 fully saturated rings. The highest BCUT2D eigenvalue weighted by atomic mass is 16.3. The van der Waals surface area contributed by atoms with Gasteiger partial charge in [0, 0.05) is 13.1 Å². The lowest BCUT2D eigenvalue weighted by molar-refractivity contribution is -0.140. The van der Waals surface area contributed by atoms with Gasteiger partial charge in [0.15, 0.2) is 0 Å². The van der Waals surface area contributed by atoms with Crippen molar-refractivity contribution in [3.63, 3.8) is 0 Å². The molecule has 0 spiro atoms. The molecule has 3 unspecified atom stereocenters. The van der Waals surface area contributed by atoms with Crippen LogP contribution in [0.1, 0.15) is 26.7 Å². The summed E-state index contributed by atoms with van der Waals surface area (Å²) in [6, 6.07) is -0.0550. The molecule has 0 saturated carbocycles. The maximum absolute atomic E-state index is 12.2. The van der Waals surface area contributed by atoms with Crippen molar-refractivity contribution in [1.82, 2.24) is 9.80 Å². The van der Waals surface area contributed by atoms with E-state index in [1.807, 2.05) is 32.8 Å². The molecule has 1 saturated heterocycles. The molecule has 4 nitrogen and oxygen atoms in total. The van der Waals surface area contributed by atoms with Crippen LogP contribution in [0.15, 0.2) is 0 Å². The number of aliphatic hydroxyl groups excluding tert-OH is 1. The first-order chi connectivity index (χ1) is 7.47. The number of hydrogen-bond donors (Lipinski definition) is 1. The standard InChI is InChI=1S/C12H24N2O2/c1-5-10(13(3)4)12(16)14-7-6-9(2)11(15)8-14/h9-11,15H,5-8H2,1-4H3. The molecule has 0 aromatic carbocycles. The molecule has 0 bridgehead atoms. The Morgan fingerprint density at radius 2 is 2.19 bits per heavy atom. The van der Waals surface area contributed by atoms with Crippen LogP contribution in [-0.4, -0.2) is 60.1 Å². The minimum absolute atomic E-state index is 0.0550. The van der Waals surface area contributed by atoms with Gasteiger partial charge in [0.1, 0.15) is 0 Å². The number of hydrogen-bond acceptors (Lipinski definition) is 3. The topological polar surface area (TPSA) is 43.8 Å². The zero-order valence-corrected chi connectivity index (χ0v) is 10.8. The van der Waals surface area contributed by atoms with Gasteiger partial charge in [-0.3, -0.25) is 9.69 Å². The molecule has 4 heteroatoms. The van der Waals surface area contributed by atoms with Crippen LogP contribution in [-0.2, 0) is 4.79 Å². The van der Waals surface area contributed by atoms with E-state index < -0.39 is 0 Å². The number of rotatable bonds is 3. The summed E-state index contributed by atoms with van der Waals surface area (Å²) in [6.07, 6.45) is 1.35. The second kappa shape index (κ2) is 5.64. The Balaban J connectivity index is 2.60. The number of carbonyl (C=O) groups excluding carboxylic acids is 1. The predicted octanol–water partition coefficient (Wildman–Crippen LogP) is 0.556. The summed E-state index contributed by atoms with van der Waals surface area (Å²) in [4.78, 5) is 16.0. The van der Waals surface area contributed by atoms with Gasteiger partial charge in [-0.2, -0.15) is 0 Å². The van der Waals surface area contributed by atoms with Gasteiger partial charge in [0.25, 0.3) is 0 Å². The third-order valence-electron chi connectivity index (χ3n) is 3.53. The van der Waals surface area contributed by atoms with E-state index in [1.165, 1.54) is 0 Å². The Kier molecular flexibility index (Phi) is 4.74. The molecule has 3 atom stereocenters. The van der Waals surface area contributed by atoms with Crippen LogP contribution >= 0.6 is 0 Å². The van der Waals surface area contributed by atoms with E-state index in [1.54, 1.807) is 4.90 Å². The largest absolute Gasteiger partial charge is 0.391 e. The lowest BCUT2D eigenvalue weighted by Gasteiger charge is -2.37. The number of likely N-dealkylation sites (N-methyl/N-ethyl adjacent to an activating group) is 1. The van der Waals surface area contributed by atoms with E-state index in [-0.39, 0.29) is 18.1 Å². The van der Waals surface area contributed by atoms with Crippen molar-refractivity contribution in [3.8, 4) is 0 Å². The smallest absolute Gasteiger partial charge is 0.239 e. The van der Waals surface area contributed by atoms with Gasteiger partial charge in [-0.25, -0.2) is 0 Å². The Morgan fingerprint density at radius 3 is 2.62 bits per heavy atom. The molecule has 94 valence electrons. The number of aliphatic hydroxyl groups is 1. The Hall–Kier alpha value is -0.610. The number of carbonyl (C=O) groups is 1. The summed E-state index contributed by atoms with van der Waals surface area (Å²) < 4.78 is 0. The van der Waals surface area contributed by atoms with E-state index in [0.717, 1.165) is 19.4 Å². The molecular weight excluding hydrogens is 204 g/mol. The van der Waals surface area contributed by atoms with Crippen molar-refractivity contribution in [2.45, 2.75) is 38.8 Å². The first-order valence-electron chi connectivity index (χ1n) is 6.10. The highest BCUT2D eigenvalue weighted by Crippen LogP contribution is 2.18. The fraction of sp³-hybridized carbons (Fsp3) is 0.917. The Bertz CT molecular complexity index is 243. The van der Waals surface area contributed by atoms with Crippen LogP contribution in [0.2, 0.25) is 0 Å². The monoisotopic (exact) mass is 228 g/mol. The van der Waals surface area contributed by atoms with Crippen molar-refractivity contribution in [3.05, 3.63) is 0 Å². The average molecular weight is 228 g/mol. The van der Waals surface area contributed by atoms with E-state index in [4.69, 9.17) is 0 Å². The van der Waals surface area contributed by atoms with Gasteiger partial charge in [0.05, 0.1) is 12.1 Å². The summed E-state index contributed by atoms with van der Waals surface area (Å²) in [7, 11) is 3.85. The normalized spacial score (nSPS) is 28.2. The molecule has 0 aromatic heterocycles. The maximum atomic E-state index is 12.2. The SMILES string of the molecule is CCC(C(=O)N1CCC(C)C(O)C1)N(C)C. The van der Waals surface area contributed by atoms with Gasteiger partial charge in [-0.15, -0.1) is 0 Å². The molecule has 1 heterocycles. The Morgan fingerprint density at radius 1 is 1.56 bits per heavy atom. The fourth-order valence-corrected chi connectivity index (χ4v) is 2.22. The van der Waals surface area contributed by atoms with Crippen molar-refractivity contribution >= 4 is 5.91 Å². The van der Waals surface area contributed by atoms with Crippen molar-refractivity contribution in [2.75, 3.05) is 27.2 Å². The minimum atomic E-state index is -0.364. The number of amides is 1. The second-order valence-corrected chi connectivity index (χ2v) is 5.01. The minimum Gasteiger partial charge on any atom is -0.391 e. The van der Waals surface area contributed by atoms with Gasteiger partial charge in [-0.05, 0) is 32.9 Å². The summed E-state index contributed by atoms with van der Waals surface area (Å²) in [6.45, 7) is 5.33. The molecule has 16 heavy (non-hydrogen) atoms. The first kappa shape index (κ1) is 13.5. The third kappa shape index (κ3) is 2.95. The molecular formula is C12H24N2O2. The third-order valence-corrected chi connectivity index (χ3v) is 3.53. The van der Waals surface area contributed by atoms with Crippen molar-refractivity contribution < 1.29 is 9.90 Å². The van der Waals surface area contributed by atoms with E-state index in [9.17, 15) is 9.90 Å². The number of nitrogens with zero attached hydrogens (tertiary/aromatic N) is 2. The number of piperidine rings is 1. The molecule has 1 N–H and O–H groups in total. The summed E-state index contributed by atoms with van der Waals surface area (Å²) >= 11 is 0. The van der Waals surface area contributed by atoms with Crippen LogP contribution in [0.3, 0.4) is 0 Å². The lowest BCUT2D eigenvalue weighted by atomic mass is 9.95. The first-order valence-corrected chi connectivity index (χ1v) is 6.10. The van der Waals surface area contributed by atoms with Crippen LogP contribution < -0.4 is 0 Å². The van der Waals surface area contributed by atoms with Crippen LogP contribution in [0, 0.1) is 5.92 Å². The second-order valence-electron chi connectivity index (χ2n) is 5.01. The van der Waals surface area contributed by atoms with E-state index in [0.29, 0.717) is 12.5 Å². The molecule has 1 amide bonds. The van der Waals surface area contributed by atoms with E-state index >= 15 is 0 Å². The Labute approximate surface area is 98.2 Å². The highest BCUT2D eigenvalue weighted by molar-refractivity contribution is 5.81. The fourth-order valence-electron chi connectivity index (χ4n) is 2.22. The highest BCUT2D eigenvalue weighted by Gasteiger charge is 2.31. The molecule has 0 radical (unpaired) electrons. The number of likely N-dealkylation sites (tertiary alicyclic amines) is 1. The van der Waals surface area contributed by atoms with Gasteiger partial charge in [-0.1, -0.05) is 13.8 Å². The summed E-state index contributed by atoms with van der Waals surface area (Å²) in [5, 5.41) is 9.78. The average Bonchev–Trinajstić information content (AvgIpc) is 2.22. The lowest BCUT2D eigenvalue weighted by Crippen LogP contribution is -2.52. The number of β-amino-alcohol motifs (C(OH)–C–C–N with tert-alkyl or cyclic N) is 1. The van der Waals surface area contributed by atoms with Gasteiger partial charge >= 0.3 is 0 Å². The van der Waals surface area contributed by atoms with Crippen molar-refractivity contribution in [1.29, 1.82) is 0 Å². The predicted molar refractivity (Wildman–Crippen MR) is 64.1 cm³/mol. The quantitative estimate of drug-likeness (QED) is 0.767. The summed E-state index contributed by atoms with van der Waals surface area (Å²) in [5.74, 6) is 0.460. The van der Waals surface area contributed by atoms with Gasteiger partial charge in [0.2, 0.25) is 5.91 Å². The zero-order valence-electron chi connectivity index (χ0n) is 10.8. The molecule has 0 aliphatic carbocycles.